The van der Waals surface area contributed by atoms with Gasteiger partial charge in [-0.25, -0.2) is 9.18 Å². The van der Waals surface area contributed by atoms with Crippen LogP contribution >= 0.6 is 15.9 Å². The van der Waals surface area contributed by atoms with Gasteiger partial charge in [0.05, 0.1) is 9.99 Å². The molecule has 6 heteroatoms. The van der Waals surface area contributed by atoms with E-state index in [9.17, 15) is 14.0 Å². The lowest BCUT2D eigenvalue weighted by Crippen LogP contribution is -2.02. The molecular formula is C15H9BrFNO3. The monoisotopic (exact) mass is 349 g/mol. The summed E-state index contributed by atoms with van der Waals surface area (Å²) in [4.78, 5) is 26.2. The quantitative estimate of drug-likeness (QED) is 0.719. The maximum Gasteiger partial charge on any atom is 0.417 e. The number of carbonyl (C=O) groups excluding carboxylic acids is 1. The lowest BCUT2D eigenvalue weighted by Gasteiger charge is -2.04. The zero-order valence-corrected chi connectivity index (χ0v) is 12.5. The van der Waals surface area contributed by atoms with Gasteiger partial charge in [0.2, 0.25) is 0 Å². The van der Waals surface area contributed by atoms with Crippen molar-refractivity contribution in [1.29, 1.82) is 0 Å². The molecule has 0 aliphatic carbocycles. The minimum atomic E-state index is -0.567. The van der Waals surface area contributed by atoms with Crippen LogP contribution in [-0.4, -0.2) is 10.8 Å². The predicted molar refractivity (Wildman–Crippen MR) is 79.1 cm³/mol. The first kappa shape index (κ1) is 13.8. The lowest BCUT2D eigenvalue weighted by molar-refractivity contribution is 0.103. The Morgan fingerprint density at radius 2 is 2.00 bits per heavy atom. The molecule has 0 radical (unpaired) electrons. The Labute approximate surface area is 126 Å². The zero-order valence-electron chi connectivity index (χ0n) is 10.9. The van der Waals surface area contributed by atoms with Crippen LogP contribution in [0.1, 0.15) is 21.5 Å². The Morgan fingerprint density at radius 1 is 1.24 bits per heavy atom. The number of halogens is 2. The van der Waals surface area contributed by atoms with Crippen molar-refractivity contribution < 1.29 is 13.6 Å². The fourth-order valence-corrected chi connectivity index (χ4v) is 2.54. The fourth-order valence-electron chi connectivity index (χ4n) is 2.16. The second-order valence-electron chi connectivity index (χ2n) is 4.64. The summed E-state index contributed by atoms with van der Waals surface area (Å²) in [6, 6.07) is 7.21. The Balaban J connectivity index is 2.12. The fraction of sp³-hybridized carbons (Fsp3) is 0.0667. The Bertz CT molecular complexity index is 926. The van der Waals surface area contributed by atoms with E-state index in [-0.39, 0.29) is 10.3 Å². The van der Waals surface area contributed by atoms with Crippen molar-refractivity contribution in [3.63, 3.8) is 0 Å². The molecule has 1 aromatic heterocycles. The van der Waals surface area contributed by atoms with Crippen molar-refractivity contribution in [1.82, 2.24) is 4.98 Å². The number of ketones is 1. The Kier molecular flexibility index (Phi) is 3.25. The summed E-state index contributed by atoms with van der Waals surface area (Å²) in [7, 11) is 0. The standard InChI is InChI=1S/C15H9BrFNO3/c1-7-4-9(6-12-13(7)18-15(20)21-12)14(19)8-2-3-11(17)10(16)5-8/h2-6H,1H3,(H,18,20). The third-order valence-corrected chi connectivity index (χ3v) is 3.78. The third-order valence-electron chi connectivity index (χ3n) is 3.17. The van der Waals surface area contributed by atoms with E-state index in [0.29, 0.717) is 22.2 Å². The van der Waals surface area contributed by atoms with Gasteiger partial charge in [-0.1, -0.05) is 0 Å². The van der Waals surface area contributed by atoms with Crippen molar-refractivity contribution in [3.05, 3.63) is 67.9 Å². The van der Waals surface area contributed by atoms with E-state index in [4.69, 9.17) is 4.42 Å². The Hall–Kier alpha value is -2.21. The zero-order chi connectivity index (χ0) is 15.1. The van der Waals surface area contributed by atoms with Crippen LogP contribution in [0.2, 0.25) is 0 Å². The summed E-state index contributed by atoms with van der Waals surface area (Å²) in [5.74, 6) is -1.28. The maximum atomic E-state index is 13.2. The van der Waals surface area contributed by atoms with Crippen LogP contribution in [0.5, 0.6) is 0 Å². The molecule has 3 rings (SSSR count). The number of fused-ring (bicyclic) bond motifs is 1. The summed E-state index contributed by atoms with van der Waals surface area (Å²) < 4.78 is 18.4. The van der Waals surface area contributed by atoms with E-state index in [1.165, 1.54) is 24.3 Å². The molecule has 0 aliphatic rings. The predicted octanol–water partition coefficient (Wildman–Crippen LogP) is 3.56. The van der Waals surface area contributed by atoms with Crippen LogP contribution in [0.15, 0.2) is 44.0 Å². The number of benzene rings is 2. The molecule has 1 N–H and O–H groups in total. The molecule has 0 saturated heterocycles. The van der Waals surface area contributed by atoms with Crippen molar-refractivity contribution >= 4 is 32.8 Å². The van der Waals surface area contributed by atoms with Crippen LogP contribution in [0.3, 0.4) is 0 Å². The molecule has 21 heavy (non-hydrogen) atoms. The number of aromatic amines is 1. The van der Waals surface area contributed by atoms with Gasteiger partial charge in [-0.2, -0.15) is 0 Å². The highest BCUT2D eigenvalue weighted by Crippen LogP contribution is 2.22. The van der Waals surface area contributed by atoms with Crippen LogP contribution in [0.25, 0.3) is 11.1 Å². The van der Waals surface area contributed by atoms with Crippen molar-refractivity contribution in [2.75, 3.05) is 0 Å². The van der Waals surface area contributed by atoms with Crippen LogP contribution in [0, 0.1) is 12.7 Å². The minimum Gasteiger partial charge on any atom is -0.408 e. The Morgan fingerprint density at radius 3 is 2.71 bits per heavy atom. The number of oxazole rings is 1. The smallest absolute Gasteiger partial charge is 0.408 e. The number of carbonyl (C=O) groups is 1. The SMILES string of the molecule is Cc1cc(C(=O)c2ccc(F)c(Br)c2)cc2oc(=O)[nH]c12. The van der Waals surface area contributed by atoms with E-state index < -0.39 is 11.6 Å². The molecular weight excluding hydrogens is 341 g/mol. The second kappa shape index (κ2) is 4.96. The second-order valence-corrected chi connectivity index (χ2v) is 5.49. The molecule has 1 heterocycles. The minimum absolute atomic E-state index is 0.222. The van der Waals surface area contributed by atoms with Crippen molar-refractivity contribution in [2.24, 2.45) is 0 Å². The summed E-state index contributed by atoms with van der Waals surface area (Å²) in [6.07, 6.45) is 0. The van der Waals surface area contributed by atoms with Gasteiger partial charge in [0.1, 0.15) is 5.82 Å². The van der Waals surface area contributed by atoms with E-state index >= 15 is 0 Å². The van der Waals surface area contributed by atoms with E-state index in [2.05, 4.69) is 20.9 Å². The lowest BCUT2D eigenvalue weighted by atomic mass is 10.0. The molecule has 0 unspecified atom stereocenters. The first-order chi connectivity index (χ1) is 9.95. The molecule has 0 atom stereocenters. The molecule has 106 valence electrons. The average molecular weight is 350 g/mol. The van der Waals surface area contributed by atoms with E-state index in [1.54, 1.807) is 13.0 Å². The number of H-pyrrole nitrogens is 1. The van der Waals surface area contributed by atoms with Gasteiger partial charge in [0.25, 0.3) is 0 Å². The highest BCUT2D eigenvalue weighted by Gasteiger charge is 2.14. The molecule has 0 saturated carbocycles. The first-order valence-electron chi connectivity index (χ1n) is 6.09. The highest BCUT2D eigenvalue weighted by molar-refractivity contribution is 9.10. The molecule has 2 aromatic carbocycles. The van der Waals surface area contributed by atoms with Crippen LogP contribution < -0.4 is 5.76 Å². The summed E-state index contributed by atoms with van der Waals surface area (Å²) in [6.45, 7) is 1.77. The number of rotatable bonds is 2. The number of aromatic nitrogens is 1. The first-order valence-corrected chi connectivity index (χ1v) is 6.88. The molecule has 3 aromatic rings. The molecule has 0 aliphatic heterocycles. The largest absolute Gasteiger partial charge is 0.417 e. The molecule has 4 nitrogen and oxygen atoms in total. The molecule has 0 fully saturated rings. The topological polar surface area (TPSA) is 63.1 Å². The summed E-state index contributed by atoms with van der Waals surface area (Å²) in [5.41, 5.74) is 2.34. The normalized spacial score (nSPS) is 11.0. The number of aryl methyl sites for hydroxylation is 1. The van der Waals surface area contributed by atoms with Gasteiger partial charge in [-0.15, -0.1) is 0 Å². The summed E-state index contributed by atoms with van der Waals surface area (Å²) >= 11 is 3.05. The highest BCUT2D eigenvalue weighted by atomic mass is 79.9. The number of hydrogen-bond acceptors (Lipinski definition) is 3. The molecule has 0 bridgehead atoms. The maximum absolute atomic E-state index is 13.2. The molecule has 0 amide bonds. The van der Waals surface area contributed by atoms with Gasteiger partial charge >= 0.3 is 5.76 Å². The number of hydrogen-bond donors (Lipinski definition) is 1. The third kappa shape index (κ3) is 2.42. The van der Waals surface area contributed by atoms with Gasteiger partial charge in [-0.3, -0.25) is 9.78 Å². The van der Waals surface area contributed by atoms with E-state index in [1.807, 2.05) is 0 Å². The van der Waals surface area contributed by atoms with Crippen molar-refractivity contribution in [2.45, 2.75) is 6.92 Å². The van der Waals surface area contributed by atoms with E-state index in [0.717, 1.165) is 5.56 Å². The van der Waals surface area contributed by atoms with Crippen LogP contribution in [0.4, 0.5) is 4.39 Å². The number of nitrogens with one attached hydrogen (secondary N) is 1. The van der Waals surface area contributed by atoms with Gasteiger partial charge < -0.3 is 4.42 Å². The van der Waals surface area contributed by atoms with Gasteiger partial charge in [-0.05, 0) is 58.7 Å². The van der Waals surface area contributed by atoms with Gasteiger partial charge in [0.15, 0.2) is 11.4 Å². The van der Waals surface area contributed by atoms with Crippen molar-refractivity contribution in [3.8, 4) is 0 Å². The molecule has 0 spiro atoms. The van der Waals surface area contributed by atoms with Crippen LogP contribution in [-0.2, 0) is 0 Å². The van der Waals surface area contributed by atoms with Gasteiger partial charge in [0, 0.05) is 11.1 Å². The average Bonchev–Trinajstić information content (AvgIpc) is 2.82. The summed E-state index contributed by atoms with van der Waals surface area (Å²) in [5, 5.41) is 0.